The summed E-state index contributed by atoms with van der Waals surface area (Å²) in [6.45, 7) is 24.6. The third-order valence-corrected chi connectivity index (χ3v) is 11.2. The molecule has 0 aromatic rings. The number of primary amides is 1. The van der Waals surface area contributed by atoms with Crippen molar-refractivity contribution in [1.29, 1.82) is 0 Å². The first-order chi connectivity index (χ1) is 27.2. The highest BCUT2D eigenvalue weighted by Gasteiger charge is 2.43. The molecule has 0 aliphatic carbocycles. The van der Waals surface area contributed by atoms with Gasteiger partial charge in [-0.05, 0) is 61.7 Å². The van der Waals surface area contributed by atoms with Gasteiger partial charge in [0.1, 0.15) is 35.9 Å². The number of aliphatic hydroxyl groups excluding tert-OH is 1. The average molecular weight is 836 g/mol. The van der Waals surface area contributed by atoms with Gasteiger partial charge in [0.2, 0.25) is 35.4 Å². The fourth-order valence-corrected chi connectivity index (χ4v) is 7.18. The van der Waals surface area contributed by atoms with Crippen molar-refractivity contribution in [3.8, 4) is 0 Å². The zero-order valence-corrected chi connectivity index (χ0v) is 39.3. The summed E-state index contributed by atoms with van der Waals surface area (Å²) in [6.07, 6.45) is 2.52. The number of nitrogens with two attached hydrogens (primary N) is 1. The van der Waals surface area contributed by atoms with Crippen LogP contribution in [0.15, 0.2) is 12.3 Å². The minimum atomic E-state index is -1.47. The lowest BCUT2D eigenvalue weighted by atomic mass is 9.90. The largest absolute Gasteiger partial charge is 0.390 e. The molecule has 0 heterocycles. The van der Waals surface area contributed by atoms with Crippen LogP contribution in [0.25, 0.3) is 0 Å². The van der Waals surface area contributed by atoms with E-state index in [4.69, 9.17) is 5.73 Å². The zero-order chi connectivity index (χ0) is 46.2. The van der Waals surface area contributed by atoms with Crippen molar-refractivity contribution in [3.05, 3.63) is 12.3 Å². The number of carbonyl (C=O) groups is 7. The van der Waals surface area contributed by atoms with E-state index >= 15 is 0 Å². The molecule has 0 radical (unpaired) electrons. The Hall–Kier alpha value is -4.01. The molecule has 0 unspecified atom stereocenters. The fourth-order valence-electron chi connectivity index (χ4n) is 7.18. The molecule has 340 valence electrons. The van der Waals surface area contributed by atoms with Crippen molar-refractivity contribution < 1.29 is 38.7 Å². The molecule has 7 amide bonds. The molecule has 7 atom stereocenters. The van der Waals surface area contributed by atoms with E-state index in [2.05, 4.69) is 11.9 Å². The monoisotopic (exact) mass is 836 g/mol. The number of hydrogen-bond donors (Lipinski definition) is 3. The SMILES string of the molecule is C=C(C(=O)N(C)[C@@H](CC(C)C)C(N)=O)N(C)C(=O)[C@H](CC)NC(=O)[C@H]([C@H](O)[C@H](C)CCCC)N(C)C(=O)[C@H](C(C)C)N(C)C(=O)[C@H](CC(C)C)N(C)C(=O)CCC(C)C. The van der Waals surface area contributed by atoms with Crippen LogP contribution in [0.1, 0.15) is 128 Å². The topological polar surface area (TPSA) is 194 Å². The highest BCUT2D eigenvalue weighted by Crippen LogP contribution is 2.24. The first-order valence-electron chi connectivity index (χ1n) is 21.5. The molecule has 0 fully saturated rings. The Morgan fingerprint density at radius 3 is 1.61 bits per heavy atom. The van der Waals surface area contributed by atoms with Crippen molar-refractivity contribution in [2.45, 2.75) is 164 Å². The third kappa shape index (κ3) is 16.2. The number of carbonyl (C=O) groups excluding carboxylic acids is 7. The van der Waals surface area contributed by atoms with Gasteiger partial charge in [0, 0.05) is 41.7 Å². The smallest absolute Gasteiger partial charge is 0.270 e. The van der Waals surface area contributed by atoms with E-state index in [1.807, 2.05) is 48.5 Å². The molecule has 0 rings (SSSR count). The van der Waals surface area contributed by atoms with Crippen molar-refractivity contribution in [2.24, 2.45) is 35.3 Å². The van der Waals surface area contributed by atoms with E-state index in [-0.39, 0.29) is 36.3 Å². The Bertz CT molecular complexity index is 1430. The molecule has 59 heavy (non-hydrogen) atoms. The molecule has 0 aromatic carbocycles. The highest BCUT2D eigenvalue weighted by atomic mass is 16.3. The van der Waals surface area contributed by atoms with Crippen LogP contribution >= 0.6 is 0 Å². The van der Waals surface area contributed by atoms with Crippen LogP contribution in [0.4, 0.5) is 0 Å². The predicted molar refractivity (Wildman–Crippen MR) is 232 cm³/mol. The number of aliphatic hydroxyl groups is 1. The van der Waals surface area contributed by atoms with Gasteiger partial charge in [-0.1, -0.05) is 95.6 Å². The second-order valence-electron chi connectivity index (χ2n) is 18.0. The van der Waals surface area contributed by atoms with Crippen molar-refractivity contribution in [1.82, 2.24) is 29.8 Å². The first kappa shape index (κ1) is 55.0. The van der Waals surface area contributed by atoms with Crippen LogP contribution < -0.4 is 11.1 Å². The molecule has 4 N–H and O–H groups in total. The lowest BCUT2D eigenvalue weighted by Crippen LogP contribution is -2.63. The molecule has 15 heteroatoms. The summed E-state index contributed by atoms with van der Waals surface area (Å²) in [6, 6.07) is -5.50. The Labute approximate surface area is 355 Å². The molecular formula is C44H81N7O8. The first-order valence-corrected chi connectivity index (χ1v) is 21.5. The molecule has 0 saturated heterocycles. The minimum absolute atomic E-state index is 0.0448. The van der Waals surface area contributed by atoms with Gasteiger partial charge >= 0.3 is 0 Å². The van der Waals surface area contributed by atoms with Gasteiger partial charge in [0.25, 0.3) is 5.91 Å². The number of amides is 7. The number of likely N-dealkylation sites (N-methyl/N-ethyl adjacent to an activating group) is 5. The van der Waals surface area contributed by atoms with E-state index in [0.717, 1.165) is 27.5 Å². The molecule has 0 saturated carbocycles. The average Bonchev–Trinajstić information content (AvgIpc) is 3.16. The summed E-state index contributed by atoms with van der Waals surface area (Å²) < 4.78 is 0. The highest BCUT2D eigenvalue weighted by molar-refractivity contribution is 6.01. The standard InChI is InChI=1S/C44H81N7O8/c1-18-20-21-30(11)38(53)37(40(55)46-32(19-2)42(57)47(13)31(12)41(56)49(15)33(39(45)54)24-27(5)6)51(17)44(59)36(29(9)10)50(16)43(58)34(25-28(7)8)48(14)35(52)23-22-26(3)4/h26-30,32-34,36-38,53H,12,18-25H2,1-11,13-17H3,(H2,45,54)(H,46,55)/t30-,32+,33+,34+,36+,37+,38-/m1/s1. The van der Waals surface area contributed by atoms with E-state index < -0.39 is 83.6 Å². The van der Waals surface area contributed by atoms with Gasteiger partial charge in [0.15, 0.2) is 0 Å². The number of nitrogens with zero attached hydrogens (tertiary/aromatic N) is 5. The Morgan fingerprint density at radius 2 is 1.17 bits per heavy atom. The maximum atomic E-state index is 14.6. The summed E-state index contributed by atoms with van der Waals surface area (Å²) in [7, 11) is 7.29. The molecule has 0 bridgehead atoms. The van der Waals surface area contributed by atoms with Crippen LogP contribution in [0.3, 0.4) is 0 Å². The Balaban J connectivity index is 6.81. The maximum absolute atomic E-state index is 14.6. The van der Waals surface area contributed by atoms with Gasteiger partial charge in [-0.25, -0.2) is 0 Å². The van der Waals surface area contributed by atoms with E-state index in [0.29, 0.717) is 31.6 Å². The van der Waals surface area contributed by atoms with Crippen LogP contribution in [0.5, 0.6) is 0 Å². The van der Waals surface area contributed by atoms with Crippen molar-refractivity contribution in [2.75, 3.05) is 35.2 Å². The molecule has 0 spiro atoms. The predicted octanol–water partition coefficient (Wildman–Crippen LogP) is 4.02. The lowest BCUT2D eigenvalue weighted by Gasteiger charge is -2.41. The number of nitrogens with one attached hydrogen (secondary N) is 1. The maximum Gasteiger partial charge on any atom is 0.270 e. The van der Waals surface area contributed by atoms with Crippen LogP contribution in [0, 0.1) is 29.6 Å². The third-order valence-electron chi connectivity index (χ3n) is 11.2. The van der Waals surface area contributed by atoms with Crippen LogP contribution in [-0.2, 0) is 33.6 Å². The number of rotatable bonds is 26. The van der Waals surface area contributed by atoms with Gasteiger partial charge in [-0.2, -0.15) is 0 Å². The van der Waals surface area contributed by atoms with Crippen LogP contribution in [0.2, 0.25) is 0 Å². The summed E-state index contributed by atoms with van der Waals surface area (Å²) in [5.41, 5.74) is 5.35. The second kappa shape index (κ2) is 25.6. The number of hydrogen-bond acceptors (Lipinski definition) is 8. The van der Waals surface area contributed by atoms with Gasteiger partial charge in [-0.3, -0.25) is 33.6 Å². The summed E-state index contributed by atoms with van der Waals surface area (Å²) in [5, 5.41) is 14.5. The van der Waals surface area contributed by atoms with E-state index in [1.54, 1.807) is 34.7 Å². The quantitative estimate of drug-likeness (QED) is 0.109. The molecule has 0 aliphatic heterocycles. The van der Waals surface area contributed by atoms with Crippen molar-refractivity contribution >= 4 is 41.4 Å². The van der Waals surface area contributed by atoms with Gasteiger partial charge < -0.3 is 40.7 Å². The Morgan fingerprint density at radius 1 is 0.661 bits per heavy atom. The lowest BCUT2D eigenvalue weighted by molar-refractivity contribution is -0.156. The van der Waals surface area contributed by atoms with E-state index in [1.165, 1.54) is 38.0 Å². The van der Waals surface area contributed by atoms with E-state index in [9.17, 15) is 38.7 Å². The molecule has 0 aliphatic rings. The van der Waals surface area contributed by atoms with Crippen molar-refractivity contribution in [3.63, 3.8) is 0 Å². The minimum Gasteiger partial charge on any atom is -0.390 e. The van der Waals surface area contributed by atoms with Gasteiger partial charge in [0.05, 0.1) is 6.10 Å². The van der Waals surface area contributed by atoms with Gasteiger partial charge in [-0.15, -0.1) is 0 Å². The second-order valence-corrected chi connectivity index (χ2v) is 18.0. The molecule has 15 nitrogen and oxygen atoms in total. The van der Waals surface area contributed by atoms with Crippen LogP contribution in [-0.4, -0.2) is 143 Å². The molecular weight excluding hydrogens is 755 g/mol. The summed E-state index contributed by atoms with van der Waals surface area (Å²) in [4.78, 5) is 102. The fraction of sp³-hybridized carbons (Fsp3) is 0.795. The Kier molecular flexibility index (Phi) is 23.8. The zero-order valence-electron chi connectivity index (χ0n) is 39.3. The number of unbranched alkanes of at least 4 members (excludes halogenated alkanes) is 1. The summed E-state index contributed by atoms with van der Waals surface area (Å²) in [5.74, 6) is -4.51. The molecule has 0 aromatic heterocycles. The summed E-state index contributed by atoms with van der Waals surface area (Å²) >= 11 is 0. The normalized spacial score (nSPS) is 15.1.